The van der Waals surface area contributed by atoms with Crippen LogP contribution in [-0.4, -0.2) is 19.5 Å². The fourth-order valence-corrected chi connectivity index (χ4v) is 2.24. The molecule has 0 atom stereocenters. The fraction of sp³-hybridized carbons (Fsp3) is 0.500. The Morgan fingerprint density at radius 3 is 2.94 bits per heavy atom. The molecular formula is C10H14BrN5. The van der Waals surface area contributed by atoms with E-state index in [1.807, 2.05) is 0 Å². The molecule has 0 fully saturated rings. The fourth-order valence-electron chi connectivity index (χ4n) is 1.65. The minimum absolute atomic E-state index is 0.248. The number of anilines is 1. The zero-order valence-electron chi connectivity index (χ0n) is 9.15. The summed E-state index contributed by atoms with van der Waals surface area (Å²) < 4.78 is 2.78. The van der Waals surface area contributed by atoms with Crippen LogP contribution in [0.4, 0.5) is 5.95 Å². The molecule has 0 aliphatic heterocycles. The van der Waals surface area contributed by atoms with Gasteiger partial charge in [0.1, 0.15) is 10.1 Å². The maximum Gasteiger partial charge on any atom is 0.223 e. The van der Waals surface area contributed by atoms with Crippen molar-refractivity contribution in [2.45, 2.75) is 32.7 Å². The van der Waals surface area contributed by atoms with Gasteiger partial charge in [0, 0.05) is 6.54 Å². The number of rotatable bonds is 4. The van der Waals surface area contributed by atoms with Gasteiger partial charge in [-0.3, -0.25) is 0 Å². The molecule has 0 aromatic carbocycles. The number of nitrogens with zero attached hydrogens (tertiary/aromatic N) is 4. The largest absolute Gasteiger partial charge is 0.368 e. The molecule has 16 heavy (non-hydrogen) atoms. The summed E-state index contributed by atoms with van der Waals surface area (Å²) in [5.74, 6) is 0.248. The van der Waals surface area contributed by atoms with Crippen molar-refractivity contribution in [3.8, 4) is 0 Å². The summed E-state index contributed by atoms with van der Waals surface area (Å²) in [6.07, 6.45) is 5.35. The predicted octanol–water partition coefficient (Wildman–Crippen LogP) is 2.36. The highest BCUT2D eigenvalue weighted by molar-refractivity contribution is 9.10. The van der Waals surface area contributed by atoms with Crippen LogP contribution in [-0.2, 0) is 6.54 Å². The molecular weight excluding hydrogens is 270 g/mol. The Morgan fingerprint density at radius 1 is 1.38 bits per heavy atom. The Hall–Kier alpha value is -1.17. The number of hydrogen-bond donors (Lipinski definition) is 1. The average Bonchev–Trinajstić information content (AvgIpc) is 2.62. The summed E-state index contributed by atoms with van der Waals surface area (Å²) in [4.78, 5) is 12.4. The second-order valence-corrected chi connectivity index (χ2v) is 4.44. The molecule has 2 heterocycles. The molecule has 2 aromatic rings. The molecule has 0 bridgehead atoms. The normalized spacial score (nSPS) is 11.1. The van der Waals surface area contributed by atoms with Gasteiger partial charge in [0.2, 0.25) is 5.95 Å². The van der Waals surface area contributed by atoms with Crippen LogP contribution in [0.2, 0.25) is 0 Å². The molecule has 0 unspecified atom stereocenters. The predicted molar refractivity (Wildman–Crippen MR) is 67.0 cm³/mol. The summed E-state index contributed by atoms with van der Waals surface area (Å²) in [6.45, 7) is 3.13. The van der Waals surface area contributed by atoms with E-state index in [0.717, 1.165) is 18.5 Å². The molecule has 2 aromatic heterocycles. The Kier molecular flexibility index (Phi) is 3.38. The van der Waals surface area contributed by atoms with Crippen LogP contribution in [0.3, 0.4) is 0 Å². The van der Waals surface area contributed by atoms with Gasteiger partial charge in [0.05, 0.1) is 6.33 Å². The van der Waals surface area contributed by atoms with E-state index in [-0.39, 0.29) is 5.95 Å². The molecule has 6 heteroatoms. The highest BCUT2D eigenvalue weighted by Crippen LogP contribution is 2.21. The van der Waals surface area contributed by atoms with Crippen molar-refractivity contribution in [1.82, 2.24) is 19.5 Å². The zero-order valence-corrected chi connectivity index (χ0v) is 10.7. The summed E-state index contributed by atoms with van der Waals surface area (Å²) in [5, 5.41) is 0. The maximum absolute atomic E-state index is 5.55. The Balaban J connectivity index is 2.33. The second-order valence-electron chi connectivity index (χ2n) is 3.69. The minimum Gasteiger partial charge on any atom is -0.368 e. The van der Waals surface area contributed by atoms with Crippen LogP contribution in [0.25, 0.3) is 11.2 Å². The number of nitrogens with two attached hydrogens (primary N) is 1. The van der Waals surface area contributed by atoms with Gasteiger partial charge in [0.25, 0.3) is 0 Å². The van der Waals surface area contributed by atoms with Crippen molar-refractivity contribution >= 4 is 33.0 Å². The number of aryl methyl sites for hydroxylation is 1. The lowest BCUT2D eigenvalue weighted by atomic mass is 10.2. The first kappa shape index (κ1) is 11.3. The van der Waals surface area contributed by atoms with E-state index in [2.05, 4.69) is 42.4 Å². The van der Waals surface area contributed by atoms with Gasteiger partial charge >= 0.3 is 0 Å². The van der Waals surface area contributed by atoms with E-state index in [4.69, 9.17) is 5.73 Å². The molecule has 2 rings (SSSR count). The Labute approximate surface area is 102 Å². The Bertz CT molecular complexity index is 493. The molecule has 0 amide bonds. The standard InChI is InChI=1S/C10H14BrN5/c1-2-3-4-5-16-6-13-9-7(16)8(11)14-10(12)15-9/h6H,2-5H2,1H3,(H2,12,14,15). The first-order valence-electron chi connectivity index (χ1n) is 5.36. The van der Waals surface area contributed by atoms with Crippen LogP contribution < -0.4 is 5.73 Å². The summed E-state index contributed by atoms with van der Waals surface area (Å²) in [5.41, 5.74) is 7.12. The van der Waals surface area contributed by atoms with Crippen LogP contribution in [0, 0.1) is 0 Å². The van der Waals surface area contributed by atoms with Crippen molar-refractivity contribution in [2.75, 3.05) is 5.73 Å². The van der Waals surface area contributed by atoms with Gasteiger partial charge in [-0.15, -0.1) is 0 Å². The zero-order chi connectivity index (χ0) is 11.5. The van der Waals surface area contributed by atoms with Crippen LogP contribution in [0.5, 0.6) is 0 Å². The molecule has 0 radical (unpaired) electrons. The lowest BCUT2D eigenvalue weighted by molar-refractivity contribution is 0.612. The lowest BCUT2D eigenvalue weighted by Gasteiger charge is -2.04. The van der Waals surface area contributed by atoms with Crippen molar-refractivity contribution < 1.29 is 0 Å². The average molecular weight is 284 g/mol. The monoisotopic (exact) mass is 283 g/mol. The number of hydrogen-bond acceptors (Lipinski definition) is 4. The van der Waals surface area contributed by atoms with Crippen LogP contribution >= 0.6 is 15.9 Å². The van der Waals surface area contributed by atoms with Gasteiger partial charge in [-0.05, 0) is 22.4 Å². The molecule has 2 N–H and O–H groups in total. The van der Waals surface area contributed by atoms with Crippen molar-refractivity contribution in [2.24, 2.45) is 0 Å². The van der Waals surface area contributed by atoms with Crippen molar-refractivity contribution in [3.05, 3.63) is 10.9 Å². The van der Waals surface area contributed by atoms with Crippen molar-refractivity contribution in [1.29, 1.82) is 0 Å². The van der Waals surface area contributed by atoms with Gasteiger partial charge in [-0.2, -0.15) is 4.98 Å². The smallest absolute Gasteiger partial charge is 0.223 e. The van der Waals surface area contributed by atoms with Gasteiger partial charge in [0.15, 0.2) is 5.65 Å². The molecule has 0 saturated carbocycles. The molecule has 0 saturated heterocycles. The van der Waals surface area contributed by atoms with Gasteiger partial charge in [-0.1, -0.05) is 19.8 Å². The van der Waals surface area contributed by atoms with E-state index >= 15 is 0 Å². The first-order valence-corrected chi connectivity index (χ1v) is 6.15. The summed E-state index contributed by atoms with van der Waals surface area (Å²) >= 11 is 3.39. The number of unbranched alkanes of at least 4 members (excludes halogenated alkanes) is 2. The van der Waals surface area contributed by atoms with Crippen molar-refractivity contribution in [3.63, 3.8) is 0 Å². The number of nitrogen functional groups attached to an aromatic ring is 1. The lowest BCUT2D eigenvalue weighted by Crippen LogP contribution is -2.00. The number of fused-ring (bicyclic) bond motifs is 1. The number of imidazole rings is 1. The third-order valence-electron chi connectivity index (χ3n) is 2.45. The molecule has 0 spiro atoms. The third kappa shape index (κ3) is 2.16. The first-order chi connectivity index (χ1) is 7.72. The maximum atomic E-state index is 5.55. The third-order valence-corrected chi connectivity index (χ3v) is 3.00. The second kappa shape index (κ2) is 4.78. The van der Waals surface area contributed by atoms with Gasteiger partial charge in [-0.25, -0.2) is 9.97 Å². The van der Waals surface area contributed by atoms with Crippen LogP contribution in [0.1, 0.15) is 26.2 Å². The van der Waals surface area contributed by atoms with E-state index in [0.29, 0.717) is 10.3 Å². The SMILES string of the molecule is CCCCCn1cnc2nc(N)nc(Br)c21. The summed E-state index contributed by atoms with van der Waals surface area (Å²) in [7, 11) is 0. The minimum atomic E-state index is 0.248. The number of halogens is 1. The highest BCUT2D eigenvalue weighted by Gasteiger charge is 2.09. The topological polar surface area (TPSA) is 69.6 Å². The quantitative estimate of drug-likeness (QED) is 0.691. The van der Waals surface area contributed by atoms with E-state index in [1.54, 1.807) is 6.33 Å². The highest BCUT2D eigenvalue weighted by atomic mass is 79.9. The van der Waals surface area contributed by atoms with Gasteiger partial charge < -0.3 is 10.3 Å². The molecule has 5 nitrogen and oxygen atoms in total. The van der Waals surface area contributed by atoms with Crippen LogP contribution in [0.15, 0.2) is 10.9 Å². The number of aromatic nitrogens is 4. The molecule has 0 aliphatic rings. The van der Waals surface area contributed by atoms with E-state index in [9.17, 15) is 0 Å². The van der Waals surface area contributed by atoms with E-state index in [1.165, 1.54) is 12.8 Å². The summed E-state index contributed by atoms with van der Waals surface area (Å²) in [6, 6.07) is 0. The Morgan fingerprint density at radius 2 is 2.19 bits per heavy atom. The molecule has 0 aliphatic carbocycles. The van der Waals surface area contributed by atoms with E-state index < -0.39 is 0 Å². The molecule has 86 valence electrons.